The van der Waals surface area contributed by atoms with E-state index in [1.807, 2.05) is 18.2 Å². The van der Waals surface area contributed by atoms with Crippen molar-refractivity contribution < 1.29 is 14.0 Å². The van der Waals surface area contributed by atoms with E-state index in [9.17, 15) is 0 Å². The first-order chi connectivity index (χ1) is 9.22. The molecule has 0 amide bonds. The zero-order valence-electron chi connectivity index (χ0n) is 11.3. The molecule has 1 heterocycles. The molecule has 0 saturated carbocycles. The largest absolute Gasteiger partial charge is 0.493 e. The van der Waals surface area contributed by atoms with Crippen LogP contribution < -0.4 is 14.8 Å². The van der Waals surface area contributed by atoms with Crippen LogP contribution in [0.25, 0.3) is 0 Å². The van der Waals surface area contributed by atoms with Crippen molar-refractivity contribution in [3.05, 3.63) is 29.6 Å². The lowest BCUT2D eigenvalue weighted by Gasteiger charge is -2.09. The van der Waals surface area contributed by atoms with Crippen LogP contribution in [-0.2, 0) is 6.42 Å². The zero-order valence-corrected chi connectivity index (χ0v) is 11.3. The molecule has 0 spiro atoms. The van der Waals surface area contributed by atoms with Crippen LogP contribution in [-0.4, -0.2) is 30.9 Å². The van der Waals surface area contributed by atoms with E-state index >= 15 is 0 Å². The number of nitrogens with one attached hydrogen (secondary N) is 1. The second kappa shape index (κ2) is 6.08. The second-order valence-corrected chi connectivity index (χ2v) is 4.01. The molecule has 0 saturated heterocycles. The van der Waals surface area contributed by atoms with Gasteiger partial charge in [0.15, 0.2) is 17.3 Å². The van der Waals surface area contributed by atoms with Crippen molar-refractivity contribution in [2.75, 3.05) is 26.1 Å². The van der Waals surface area contributed by atoms with Gasteiger partial charge in [-0.15, -0.1) is 0 Å². The molecule has 0 unspecified atom stereocenters. The third-order valence-electron chi connectivity index (χ3n) is 2.67. The van der Waals surface area contributed by atoms with E-state index in [-0.39, 0.29) is 0 Å². The first-order valence-corrected chi connectivity index (χ1v) is 5.98. The number of ether oxygens (including phenoxy) is 2. The van der Waals surface area contributed by atoms with E-state index < -0.39 is 0 Å². The van der Waals surface area contributed by atoms with Crippen LogP contribution in [0.15, 0.2) is 22.7 Å². The molecule has 2 aromatic rings. The molecule has 0 aliphatic rings. The fourth-order valence-electron chi connectivity index (χ4n) is 1.72. The molecule has 1 aromatic heterocycles. The summed E-state index contributed by atoms with van der Waals surface area (Å²) in [4.78, 5) is 4.07. The number of rotatable bonds is 6. The Morgan fingerprint density at radius 3 is 2.63 bits per heavy atom. The van der Waals surface area contributed by atoms with Gasteiger partial charge in [-0.1, -0.05) is 11.2 Å². The van der Waals surface area contributed by atoms with Gasteiger partial charge in [-0.25, -0.2) is 0 Å². The molecule has 0 bridgehead atoms. The van der Waals surface area contributed by atoms with Gasteiger partial charge in [-0.3, -0.25) is 0 Å². The smallest absolute Gasteiger partial charge is 0.321 e. The highest BCUT2D eigenvalue weighted by Gasteiger charge is 2.05. The Bertz CT molecular complexity index is 540. The van der Waals surface area contributed by atoms with Gasteiger partial charge in [0.1, 0.15) is 0 Å². The summed E-state index contributed by atoms with van der Waals surface area (Å²) in [5.74, 6) is 2.08. The standard InChI is InChI=1S/C13H17N3O3/c1-9-15-13(19-16-9)14-7-6-10-4-5-11(17-2)12(8-10)18-3/h4-5,8H,6-7H2,1-3H3,(H,14,15,16). The van der Waals surface area contributed by atoms with E-state index in [2.05, 4.69) is 15.5 Å². The minimum absolute atomic E-state index is 0.443. The summed E-state index contributed by atoms with van der Waals surface area (Å²) in [6.07, 6.45) is 0.821. The molecule has 1 N–H and O–H groups in total. The van der Waals surface area contributed by atoms with Crippen molar-refractivity contribution in [1.82, 2.24) is 10.1 Å². The van der Waals surface area contributed by atoms with Crippen molar-refractivity contribution in [3.8, 4) is 11.5 Å². The molecule has 0 radical (unpaired) electrons. The average molecular weight is 263 g/mol. The van der Waals surface area contributed by atoms with Gasteiger partial charge in [0.05, 0.1) is 14.2 Å². The highest BCUT2D eigenvalue weighted by atomic mass is 16.5. The van der Waals surface area contributed by atoms with E-state index in [4.69, 9.17) is 14.0 Å². The highest BCUT2D eigenvalue weighted by Crippen LogP contribution is 2.27. The van der Waals surface area contributed by atoms with Gasteiger partial charge in [0.25, 0.3) is 0 Å². The number of aryl methyl sites for hydroxylation is 1. The molecule has 0 aliphatic heterocycles. The highest BCUT2D eigenvalue weighted by molar-refractivity contribution is 5.43. The number of benzene rings is 1. The fourth-order valence-corrected chi connectivity index (χ4v) is 1.72. The summed E-state index contributed by atoms with van der Waals surface area (Å²) >= 11 is 0. The van der Waals surface area contributed by atoms with Crippen molar-refractivity contribution in [3.63, 3.8) is 0 Å². The molecule has 1 aromatic carbocycles. The molecule has 102 valence electrons. The Morgan fingerprint density at radius 1 is 1.21 bits per heavy atom. The van der Waals surface area contributed by atoms with Crippen LogP contribution in [0.4, 0.5) is 6.01 Å². The van der Waals surface area contributed by atoms with Crippen molar-refractivity contribution in [2.45, 2.75) is 13.3 Å². The molecule has 0 aliphatic carbocycles. The molecule has 0 fully saturated rings. The van der Waals surface area contributed by atoms with E-state index in [0.717, 1.165) is 23.5 Å². The summed E-state index contributed by atoms with van der Waals surface area (Å²) < 4.78 is 15.4. The van der Waals surface area contributed by atoms with Gasteiger partial charge in [-0.05, 0) is 31.0 Å². The predicted octanol–water partition coefficient (Wildman–Crippen LogP) is 2.05. The van der Waals surface area contributed by atoms with Crippen LogP contribution in [0.5, 0.6) is 11.5 Å². The summed E-state index contributed by atoms with van der Waals surface area (Å²) in [5.41, 5.74) is 1.14. The lowest BCUT2D eigenvalue weighted by molar-refractivity contribution is 0.354. The summed E-state index contributed by atoms with van der Waals surface area (Å²) in [6, 6.07) is 6.30. The summed E-state index contributed by atoms with van der Waals surface area (Å²) in [6.45, 7) is 2.49. The lowest BCUT2D eigenvalue weighted by Crippen LogP contribution is -2.05. The maximum atomic E-state index is 5.26. The molecule has 2 rings (SSSR count). The number of anilines is 1. The third-order valence-corrected chi connectivity index (χ3v) is 2.67. The topological polar surface area (TPSA) is 69.4 Å². The number of hydrogen-bond acceptors (Lipinski definition) is 6. The zero-order chi connectivity index (χ0) is 13.7. The van der Waals surface area contributed by atoms with Gasteiger partial charge >= 0.3 is 6.01 Å². The Hall–Kier alpha value is -2.24. The van der Waals surface area contributed by atoms with E-state index in [1.54, 1.807) is 21.1 Å². The number of hydrogen-bond donors (Lipinski definition) is 1. The Morgan fingerprint density at radius 2 is 2.00 bits per heavy atom. The fraction of sp³-hybridized carbons (Fsp3) is 0.385. The maximum Gasteiger partial charge on any atom is 0.321 e. The summed E-state index contributed by atoms with van der Waals surface area (Å²) in [5, 5.41) is 6.77. The van der Waals surface area contributed by atoms with E-state index in [1.165, 1.54) is 0 Å². The first kappa shape index (κ1) is 13.2. The van der Waals surface area contributed by atoms with Crippen LogP contribution in [0, 0.1) is 6.92 Å². The lowest BCUT2D eigenvalue weighted by atomic mass is 10.1. The van der Waals surface area contributed by atoms with Crippen molar-refractivity contribution >= 4 is 6.01 Å². The molecule has 6 nitrogen and oxygen atoms in total. The average Bonchev–Trinajstić information content (AvgIpc) is 2.84. The molecule has 0 atom stereocenters. The Balaban J connectivity index is 1.92. The predicted molar refractivity (Wildman–Crippen MR) is 70.8 cm³/mol. The maximum absolute atomic E-state index is 5.26. The Kier molecular flexibility index (Phi) is 4.22. The minimum Gasteiger partial charge on any atom is -0.493 e. The quantitative estimate of drug-likeness (QED) is 0.860. The monoisotopic (exact) mass is 263 g/mol. The van der Waals surface area contributed by atoms with Gasteiger partial charge in [0.2, 0.25) is 0 Å². The normalized spacial score (nSPS) is 10.3. The van der Waals surface area contributed by atoms with Gasteiger partial charge in [-0.2, -0.15) is 4.98 Å². The van der Waals surface area contributed by atoms with E-state index in [0.29, 0.717) is 18.4 Å². The molecule has 6 heteroatoms. The SMILES string of the molecule is COc1ccc(CCNc2nc(C)no2)cc1OC. The molecule has 19 heavy (non-hydrogen) atoms. The number of methoxy groups -OCH3 is 2. The minimum atomic E-state index is 0.443. The van der Waals surface area contributed by atoms with Crippen LogP contribution >= 0.6 is 0 Å². The second-order valence-electron chi connectivity index (χ2n) is 4.01. The van der Waals surface area contributed by atoms with Gasteiger partial charge in [0, 0.05) is 6.54 Å². The Labute approximate surface area is 111 Å². The third kappa shape index (κ3) is 3.37. The van der Waals surface area contributed by atoms with Gasteiger partial charge < -0.3 is 19.3 Å². The van der Waals surface area contributed by atoms with Crippen molar-refractivity contribution in [2.24, 2.45) is 0 Å². The van der Waals surface area contributed by atoms with Crippen LogP contribution in [0.2, 0.25) is 0 Å². The van der Waals surface area contributed by atoms with Crippen LogP contribution in [0.1, 0.15) is 11.4 Å². The number of nitrogens with zero attached hydrogens (tertiary/aromatic N) is 2. The molecular weight excluding hydrogens is 246 g/mol. The van der Waals surface area contributed by atoms with Crippen molar-refractivity contribution in [1.29, 1.82) is 0 Å². The first-order valence-electron chi connectivity index (χ1n) is 5.98. The molecular formula is C13H17N3O3. The number of aromatic nitrogens is 2. The van der Waals surface area contributed by atoms with Crippen LogP contribution in [0.3, 0.4) is 0 Å². The summed E-state index contributed by atoms with van der Waals surface area (Å²) in [7, 11) is 3.25.